The van der Waals surface area contributed by atoms with Gasteiger partial charge in [0.1, 0.15) is 0 Å². The van der Waals surface area contributed by atoms with Crippen LogP contribution >= 0.6 is 15.9 Å². The quantitative estimate of drug-likeness (QED) is 0.483. The summed E-state index contributed by atoms with van der Waals surface area (Å²) in [6, 6.07) is 0. The van der Waals surface area contributed by atoms with E-state index in [1.54, 1.807) is 12.3 Å². The van der Waals surface area contributed by atoms with Crippen LogP contribution in [0.15, 0.2) is 0 Å². The van der Waals surface area contributed by atoms with E-state index in [2.05, 4.69) is 6.92 Å². The minimum Gasteiger partial charge on any atom is -0.0960 e. The zero-order chi connectivity index (χ0) is 5.11. The monoisotopic (exact) mass is 134 g/mol. The third-order valence-corrected chi connectivity index (χ3v) is 7.60. The normalized spacial score (nSPS) is 34.7. The first-order chi connectivity index (χ1) is 3.43. The molecule has 0 bridgehead atoms. The van der Waals surface area contributed by atoms with Crippen LogP contribution in [0, 0.1) is 0 Å². The van der Waals surface area contributed by atoms with Gasteiger partial charge in [-0.3, -0.25) is 0 Å². The molecule has 2 atom stereocenters. The standard InChI is InChI=1S/C5H12P2/c1-2-7-5-3-4-6-7/h6H,2-5H2,1H3. The van der Waals surface area contributed by atoms with Crippen molar-refractivity contribution in [2.24, 2.45) is 0 Å². The van der Waals surface area contributed by atoms with Gasteiger partial charge in [-0.15, -0.1) is 0 Å². The highest BCUT2D eigenvalue weighted by Crippen LogP contribution is 2.60. The van der Waals surface area contributed by atoms with Gasteiger partial charge >= 0.3 is 0 Å². The van der Waals surface area contributed by atoms with Crippen LogP contribution in [-0.2, 0) is 0 Å². The molecule has 2 unspecified atom stereocenters. The third-order valence-electron chi connectivity index (χ3n) is 1.32. The van der Waals surface area contributed by atoms with E-state index in [9.17, 15) is 0 Å². The molecule has 1 saturated heterocycles. The van der Waals surface area contributed by atoms with Crippen LogP contribution in [-0.4, -0.2) is 18.5 Å². The molecule has 0 nitrogen and oxygen atoms in total. The van der Waals surface area contributed by atoms with Gasteiger partial charge in [0.25, 0.3) is 0 Å². The Bertz CT molecular complexity index is 48.0. The SMILES string of the molecule is CCP1CCCP1. The summed E-state index contributed by atoms with van der Waals surface area (Å²) in [6.07, 6.45) is 6.18. The first kappa shape index (κ1) is 5.99. The van der Waals surface area contributed by atoms with Crippen LogP contribution in [0.3, 0.4) is 0 Å². The molecule has 1 fully saturated rings. The van der Waals surface area contributed by atoms with Gasteiger partial charge in [-0.05, 0) is 24.9 Å². The summed E-state index contributed by atoms with van der Waals surface area (Å²) in [7, 11) is 1.95. The highest BCUT2D eigenvalue weighted by molar-refractivity contribution is 8.22. The predicted molar refractivity (Wildman–Crippen MR) is 40.1 cm³/mol. The van der Waals surface area contributed by atoms with Gasteiger partial charge < -0.3 is 0 Å². The Kier molecular flexibility index (Phi) is 2.57. The Morgan fingerprint density at radius 3 is 2.86 bits per heavy atom. The summed E-state index contributed by atoms with van der Waals surface area (Å²) >= 11 is 0. The molecule has 0 aromatic rings. The average molecular weight is 134 g/mol. The topological polar surface area (TPSA) is 0 Å². The van der Waals surface area contributed by atoms with Crippen molar-refractivity contribution in [2.45, 2.75) is 13.3 Å². The molecule has 0 N–H and O–H groups in total. The summed E-state index contributed by atoms with van der Waals surface area (Å²) in [5.41, 5.74) is 0. The first-order valence-electron chi connectivity index (χ1n) is 2.92. The molecular formula is C5H12P2. The molecule has 2 heteroatoms. The molecular weight excluding hydrogens is 122 g/mol. The molecule has 0 amide bonds. The first-order valence-corrected chi connectivity index (χ1v) is 6.68. The van der Waals surface area contributed by atoms with E-state index < -0.39 is 0 Å². The van der Waals surface area contributed by atoms with Crippen LogP contribution in [0.2, 0.25) is 0 Å². The van der Waals surface area contributed by atoms with Gasteiger partial charge in [-0.2, -0.15) is 0 Å². The molecule has 1 heterocycles. The molecule has 0 saturated carbocycles. The fourth-order valence-electron chi connectivity index (χ4n) is 0.856. The maximum absolute atomic E-state index is 2.34. The van der Waals surface area contributed by atoms with Crippen molar-refractivity contribution in [3.05, 3.63) is 0 Å². The van der Waals surface area contributed by atoms with Gasteiger partial charge in [-0.25, -0.2) is 0 Å². The molecule has 0 aromatic carbocycles. The van der Waals surface area contributed by atoms with Crippen LogP contribution in [0.25, 0.3) is 0 Å². The highest BCUT2D eigenvalue weighted by Gasteiger charge is 2.10. The predicted octanol–water partition coefficient (Wildman–Crippen LogP) is 2.49. The molecule has 0 aliphatic carbocycles. The second kappa shape index (κ2) is 3.00. The second-order valence-corrected chi connectivity index (χ2v) is 7.66. The summed E-state index contributed by atoms with van der Waals surface area (Å²) in [4.78, 5) is 0. The van der Waals surface area contributed by atoms with Crippen molar-refractivity contribution < 1.29 is 0 Å². The Hall–Kier alpha value is 0.860. The number of hydrogen-bond donors (Lipinski definition) is 0. The maximum atomic E-state index is 2.34. The molecule has 1 rings (SSSR count). The second-order valence-electron chi connectivity index (χ2n) is 1.84. The average Bonchev–Trinajstić information content (AvgIpc) is 2.14. The van der Waals surface area contributed by atoms with E-state index >= 15 is 0 Å². The fraction of sp³-hybridized carbons (Fsp3) is 1.00. The minimum absolute atomic E-state index is 0.585. The third kappa shape index (κ3) is 1.67. The zero-order valence-corrected chi connectivity index (χ0v) is 6.67. The van der Waals surface area contributed by atoms with Gasteiger partial charge in [0.05, 0.1) is 0 Å². The summed E-state index contributed by atoms with van der Waals surface area (Å²) in [6.45, 7) is 2.34. The molecule has 0 radical (unpaired) electrons. The molecule has 1 aliphatic heterocycles. The van der Waals surface area contributed by atoms with Crippen LogP contribution < -0.4 is 0 Å². The van der Waals surface area contributed by atoms with Crippen LogP contribution in [0.4, 0.5) is 0 Å². The summed E-state index contributed by atoms with van der Waals surface area (Å²) in [5.74, 6) is 0. The lowest BCUT2D eigenvalue weighted by atomic mass is 10.6. The largest absolute Gasteiger partial charge is 0.0960 e. The molecule has 0 spiro atoms. The van der Waals surface area contributed by atoms with E-state index in [0.717, 1.165) is 0 Å². The van der Waals surface area contributed by atoms with E-state index in [1.165, 1.54) is 20.9 Å². The number of hydrogen-bond acceptors (Lipinski definition) is 0. The van der Waals surface area contributed by atoms with Gasteiger partial charge in [0.2, 0.25) is 0 Å². The van der Waals surface area contributed by atoms with Crippen molar-refractivity contribution in [1.82, 2.24) is 0 Å². The lowest BCUT2D eigenvalue weighted by Gasteiger charge is -2.01. The van der Waals surface area contributed by atoms with E-state index in [0.29, 0.717) is 7.61 Å². The molecule has 0 aromatic heterocycles. The van der Waals surface area contributed by atoms with Gasteiger partial charge in [-0.1, -0.05) is 22.8 Å². The van der Waals surface area contributed by atoms with Crippen molar-refractivity contribution in [3.63, 3.8) is 0 Å². The molecule has 7 heavy (non-hydrogen) atoms. The van der Waals surface area contributed by atoms with Crippen molar-refractivity contribution in [2.75, 3.05) is 18.5 Å². The van der Waals surface area contributed by atoms with Crippen molar-refractivity contribution >= 4 is 15.9 Å². The Morgan fingerprint density at radius 2 is 2.57 bits per heavy atom. The number of rotatable bonds is 1. The minimum atomic E-state index is 0.585. The lowest BCUT2D eigenvalue weighted by Crippen LogP contribution is -1.71. The summed E-state index contributed by atoms with van der Waals surface area (Å²) in [5, 5.41) is 0. The smallest absolute Gasteiger partial charge is 0.0286 e. The van der Waals surface area contributed by atoms with Crippen molar-refractivity contribution in [3.8, 4) is 0 Å². The van der Waals surface area contributed by atoms with E-state index in [1.807, 2.05) is 0 Å². The van der Waals surface area contributed by atoms with Gasteiger partial charge in [0, 0.05) is 0 Å². The Morgan fingerprint density at radius 1 is 1.71 bits per heavy atom. The molecule has 1 aliphatic rings. The Balaban J connectivity index is 2.14. The fourth-order valence-corrected chi connectivity index (χ4v) is 6.09. The highest BCUT2D eigenvalue weighted by atomic mass is 32.0. The van der Waals surface area contributed by atoms with Crippen LogP contribution in [0.5, 0.6) is 0 Å². The van der Waals surface area contributed by atoms with E-state index in [4.69, 9.17) is 0 Å². The molecule has 42 valence electrons. The Labute approximate surface area is 48.5 Å². The zero-order valence-electron chi connectivity index (χ0n) is 4.78. The van der Waals surface area contributed by atoms with Crippen molar-refractivity contribution in [1.29, 1.82) is 0 Å². The van der Waals surface area contributed by atoms with Crippen LogP contribution in [0.1, 0.15) is 13.3 Å². The maximum Gasteiger partial charge on any atom is -0.0286 e. The summed E-state index contributed by atoms with van der Waals surface area (Å²) < 4.78 is 0. The lowest BCUT2D eigenvalue weighted by molar-refractivity contribution is 1.13. The van der Waals surface area contributed by atoms with Gasteiger partial charge in [0.15, 0.2) is 0 Å². The van der Waals surface area contributed by atoms with E-state index in [-0.39, 0.29) is 0 Å².